The van der Waals surface area contributed by atoms with Crippen LogP contribution in [0.1, 0.15) is 36.6 Å². The van der Waals surface area contributed by atoms with Crippen molar-refractivity contribution >= 4 is 15.7 Å². The van der Waals surface area contributed by atoms with Gasteiger partial charge in [-0.2, -0.15) is 0 Å². The molecular formula is C22H32N3O2S+. The molecule has 3 rings (SSSR count). The third kappa shape index (κ3) is 4.74. The van der Waals surface area contributed by atoms with Crippen molar-refractivity contribution in [3.8, 4) is 0 Å². The molecule has 0 radical (unpaired) electrons. The van der Waals surface area contributed by atoms with E-state index < -0.39 is 15.3 Å². The van der Waals surface area contributed by atoms with Gasteiger partial charge in [0, 0.05) is 37.3 Å². The van der Waals surface area contributed by atoms with Crippen molar-refractivity contribution in [3.05, 3.63) is 65.2 Å². The van der Waals surface area contributed by atoms with E-state index in [4.69, 9.17) is 0 Å². The molecule has 0 saturated carbocycles. The monoisotopic (exact) mass is 402 g/mol. The molecule has 0 spiro atoms. The van der Waals surface area contributed by atoms with E-state index in [2.05, 4.69) is 58.2 Å². The fourth-order valence-electron chi connectivity index (χ4n) is 3.77. The first-order chi connectivity index (χ1) is 13.3. The van der Waals surface area contributed by atoms with E-state index >= 15 is 0 Å². The van der Waals surface area contributed by atoms with Gasteiger partial charge in [0.15, 0.2) is 0 Å². The van der Waals surface area contributed by atoms with Crippen molar-refractivity contribution in [2.45, 2.75) is 38.1 Å². The molecule has 1 aliphatic rings. The van der Waals surface area contributed by atoms with E-state index in [9.17, 15) is 8.42 Å². The third-order valence-corrected chi connectivity index (χ3v) is 7.48. The molecule has 2 aromatic rings. The quantitative estimate of drug-likeness (QED) is 0.742. The molecule has 1 unspecified atom stereocenters. The average molecular weight is 403 g/mol. The zero-order valence-corrected chi connectivity index (χ0v) is 18.1. The Kier molecular flexibility index (Phi) is 6.43. The Labute approximate surface area is 169 Å². The fourth-order valence-corrected chi connectivity index (χ4v) is 4.50. The van der Waals surface area contributed by atoms with Gasteiger partial charge in [-0.1, -0.05) is 36.4 Å². The molecule has 5 nitrogen and oxygen atoms in total. The number of quaternary nitrogens is 1. The highest BCUT2D eigenvalue weighted by molar-refractivity contribution is 7.90. The Morgan fingerprint density at radius 1 is 1.04 bits per heavy atom. The molecule has 152 valence electrons. The van der Waals surface area contributed by atoms with Crippen LogP contribution in [-0.4, -0.2) is 40.9 Å². The van der Waals surface area contributed by atoms with Gasteiger partial charge < -0.3 is 9.80 Å². The maximum Gasteiger partial charge on any atom is 0.214 e. The van der Waals surface area contributed by atoms with Gasteiger partial charge in [0.25, 0.3) is 0 Å². The van der Waals surface area contributed by atoms with Crippen molar-refractivity contribution in [1.29, 1.82) is 0 Å². The number of nitrogens with zero attached hydrogens (tertiary/aromatic N) is 1. The van der Waals surface area contributed by atoms with Crippen molar-refractivity contribution in [1.82, 2.24) is 4.72 Å². The van der Waals surface area contributed by atoms with E-state index in [1.54, 1.807) is 13.8 Å². The standard InChI is InChI=1S/C22H31N3O2S/c1-17(2)28(26,27)23-15-22(19-9-11-21(12-10-19)24(3)4)25-14-13-18-7-5-6-8-20(18)16-25/h5-12,17,22-23H,13-16H2,1-4H3/p+1/t22-/m0/s1. The lowest BCUT2D eigenvalue weighted by atomic mass is 9.96. The van der Waals surface area contributed by atoms with Crippen LogP contribution in [0.15, 0.2) is 48.5 Å². The van der Waals surface area contributed by atoms with Gasteiger partial charge in [0.05, 0.1) is 18.3 Å². The predicted molar refractivity (Wildman–Crippen MR) is 115 cm³/mol. The van der Waals surface area contributed by atoms with Crippen LogP contribution in [0.25, 0.3) is 0 Å². The summed E-state index contributed by atoms with van der Waals surface area (Å²) in [5, 5.41) is -0.429. The molecule has 1 heterocycles. The Morgan fingerprint density at radius 2 is 1.68 bits per heavy atom. The molecule has 2 atom stereocenters. The normalized spacial score (nSPS) is 18.0. The topological polar surface area (TPSA) is 53.9 Å². The maximum atomic E-state index is 12.4. The number of benzene rings is 2. The van der Waals surface area contributed by atoms with Gasteiger partial charge in [-0.05, 0) is 31.5 Å². The first-order valence-corrected chi connectivity index (χ1v) is 11.5. The summed E-state index contributed by atoms with van der Waals surface area (Å²) in [6.07, 6.45) is 1.02. The van der Waals surface area contributed by atoms with Crippen molar-refractivity contribution < 1.29 is 13.3 Å². The molecule has 0 aliphatic carbocycles. The molecule has 28 heavy (non-hydrogen) atoms. The molecule has 0 saturated heterocycles. The minimum Gasteiger partial charge on any atom is -0.378 e. The number of nitrogens with one attached hydrogen (secondary N) is 2. The minimum absolute atomic E-state index is 0.0816. The summed E-state index contributed by atoms with van der Waals surface area (Å²) >= 11 is 0. The number of sulfonamides is 1. The summed E-state index contributed by atoms with van der Waals surface area (Å²) in [4.78, 5) is 3.48. The second-order valence-electron chi connectivity index (χ2n) is 8.08. The molecule has 0 amide bonds. The van der Waals surface area contributed by atoms with Crippen LogP contribution < -0.4 is 14.5 Å². The Hall–Kier alpha value is -1.89. The highest BCUT2D eigenvalue weighted by Crippen LogP contribution is 2.19. The second kappa shape index (κ2) is 8.64. The van der Waals surface area contributed by atoms with Gasteiger partial charge in [-0.15, -0.1) is 0 Å². The van der Waals surface area contributed by atoms with Gasteiger partial charge >= 0.3 is 0 Å². The Bertz CT molecular complexity index is 892. The smallest absolute Gasteiger partial charge is 0.214 e. The van der Waals surface area contributed by atoms with Crippen LogP contribution in [0, 0.1) is 0 Å². The minimum atomic E-state index is -3.29. The highest BCUT2D eigenvalue weighted by Gasteiger charge is 2.30. The Balaban J connectivity index is 1.86. The molecule has 1 aliphatic heterocycles. The van der Waals surface area contributed by atoms with Crippen LogP contribution >= 0.6 is 0 Å². The summed E-state index contributed by atoms with van der Waals surface area (Å²) in [6.45, 7) is 5.76. The lowest BCUT2D eigenvalue weighted by Crippen LogP contribution is -3.12. The number of fused-ring (bicyclic) bond motifs is 1. The number of anilines is 1. The van der Waals surface area contributed by atoms with E-state index in [1.165, 1.54) is 21.6 Å². The summed E-state index contributed by atoms with van der Waals surface area (Å²) in [5.41, 5.74) is 5.09. The van der Waals surface area contributed by atoms with E-state index in [0.717, 1.165) is 25.2 Å². The van der Waals surface area contributed by atoms with Crippen molar-refractivity contribution in [2.24, 2.45) is 0 Å². The van der Waals surface area contributed by atoms with Gasteiger partial charge in [0.2, 0.25) is 10.0 Å². The summed E-state index contributed by atoms with van der Waals surface area (Å²) < 4.78 is 27.6. The first-order valence-electron chi connectivity index (χ1n) is 9.95. The van der Waals surface area contributed by atoms with Gasteiger partial charge in [-0.3, -0.25) is 0 Å². The van der Waals surface area contributed by atoms with Crippen LogP contribution in [0.4, 0.5) is 5.69 Å². The van der Waals surface area contributed by atoms with Crippen molar-refractivity contribution in [2.75, 3.05) is 32.1 Å². The summed E-state index contributed by atoms with van der Waals surface area (Å²) in [5.74, 6) is 0. The van der Waals surface area contributed by atoms with Crippen LogP contribution in [-0.2, 0) is 23.0 Å². The molecule has 0 aromatic heterocycles. The highest BCUT2D eigenvalue weighted by atomic mass is 32.2. The van der Waals surface area contributed by atoms with Crippen LogP contribution in [0.3, 0.4) is 0 Å². The molecule has 2 aromatic carbocycles. The van der Waals surface area contributed by atoms with Crippen LogP contribution in [0.5, 0.6) is 0 Å². The summed E-state index contributed by atoms with van der Waals surface area (Å²) in [7, 11) is 0.754. The molecule has 2 N–H and O–H groups in total. The molecular weight excluding hydrogens is 370 g/mol. The first kappa shape index (κ1) is 20.8. The molecule has 0 fully saturated rings. The van der Waals surface area contributed by atoms with Crippen LogP contribution in [0.2, 0.25) is 0 Å². The molecule has 0 bridgehead atoms. The average Bonchev–Trinajstić information content (AvgIpc) is 2.68. The lowest BCUT2D eigenvalue weighted by molar-refractivity contribution is -0.945. The van der Waals surface area contributed by atoms with E-state index in [0.29, 0.717) is 6.54 Å². The number of rotatable bonds is 7. The fraction of sp³-hybridized carbons (Fsp3) is 0.455. The van der Waals surface area contributed by atoms with Gasteiger partial charge in [0.1, 0.15) is 12.6 Å². The number of hydrogen-bond acceptors (Lipinski definition) is 3. The second-order valence-corrected chi connectivity index (χ2v) is 10.4. The Morgan fingerprint density at radius 3 is 2.29 bits per heavy atom. The van der Waals surface area contributed by atoms with Gasteiger partial charge in [-0.25, -0.2) is 13.1 Å². The van der Waals surface area contributed by atoms with E-state index in [-0.39, 0.29) is 6.04 Å². The lowest BCUT2D eigenvalue weighted by Gasteiger charge is -2.33. The third-order valence-electron chi connectivity index (χ3n) is 5.67. The zero-order valence-electron chi connectivity index (χ0n) is 17.3. The van der Waals surface area contributed by atoms with Crippen molar-refractivity contribution in [3.63, 3.8) is 0 Å². The molecule has 6 heteroatoms. The predicted octanol–water partition coefficient (Wildman–Crippen LogP) is 1.76. The summed E-state index contributed by atoms with van der Waals surface area (Å²) in [6, 6.07) is 17.1. The zero-order chi connectivity index (χ0) is 20.3. The largest absolute Gasteiger partial charge is 0.378 e. The number of hydrogen-bond donors (Lipinski definition) is 2. The van der Waals surface area contributed by atoms with E-state index in [1.807, 2.05) is 14.1 Å². The SMILES string of the molecule is CC(C)S(=O)(=O)NC[C@@H](c1ccc(N(C)C)cc1)[NH+]1CCc2ccccc2C1. The maximum absolute atomic E-state index is 12.4.